The molecule has 2 aromatic rings. The van der Waals surface area contributed by atoms with Crippen molar-refractivity contribution in [2.75, 3.05) is 11.5 Å². The predicted octanol–water partition coefficient (Wildman–Crippen LogP) is 5.87. The van der Waals surface area contributed by atoms with Gasteiger partial charge in [0.2, 0.25) is 0 Å². The van der Waals surface area contributed by atoms with E-state index in [1.807, 2.05) is 53.7 Å². The molecule has 0 heterocycles. The molecule has 4 N–H and O–H groups in total. The molecule has 5 heteroatoms. The van der Waals surface area contributed by atoms with Crippen LogP contribution in [0.15, 0.2) is 24.3 Å². The topological polar surface area (TPSA) is 98.2 Å². The molecule has 0 amide bonds. The average molecular weight is 500 g/mol. The third-order valence-corrected chi connectivity index (χ3v) is 5.58. The van der Waals surface area contributed by atoms with Gasteiger partial charge in [-0.2, -0.15) is 0 Å². The van der Waals surface area contributed by atoms with Crippen LogP contribution < -0.4 is 21.7 Å². The van der Waals surface area contributed by atoms with Crippen molar-refractivity contribution in [3.8, 4) is 11.5 Å². The fraction of sp³-hybridized carbons (Fsp3) is 0.571. The number of rotatable bonds is 0. The summed E-state index contributed by atoms with van der Waals surface area (Å²) in [4.78, 5) is 0. The standard InChI is InChI=1S/2C14H23NO.Co/c2*1-13(2,3)9-7-10(14(4,5)6)12(16)11(15)8-9;/h2*7-8,16H,15H2,1-6H3;/q;;+2/p-2. The molecule has 1 radical (unpaired) electrons. The molecule has 4 nitrogen and oxygen atoms in total. The third kappa shape index (κ3) is 8.15. The number of hydrogen-bond donors (Lipinski definition) is 2. The number of nitrogens with two attached hydrogens (primary N) is 2. The largest absolute Gasteiger partial charge is 2.00 e. The van der Waals surface area contributed by atoms with Gasteiger partial charge in [0, 0.05) is 11.4 Å². The Hall–Kier alpha value is -1.85. The molecule has 0 fully saturated rings. The maximum absolute atomic E-state index is 12.0. The zero-order valence-corrected chi connectivity index (χ0v) is 23.7. The van der Waals surface area contributed by atoms with E-state index < -0.39 is 0 Å². The maximum Gasteiger partial charge on any atom is 2.00 e. The SMILES string of the molecule is CC(C)(C)c1cc(N)c([O-])c(C(C)(C)C)c1.CC(C)(C)c1cc(N)c([O-])c(C(C)(C)C)c1.[Co+2]. The summed E-state index contributed by atoms with van der Waals surface area (Å²) in [6.45, 7) is 25.0. The quantitative estimate of drug-likeness (QED) is 0.443. The maximum atomic E-state index is 12.0. The molecular weight excluding hydrogens is 455 g/mol. The molecule has 0 aromatic heterocycles. The van der Waals surface area contributed by atoms with Crippen molar-refractivity contribution < 1.29 is 27.0 Å². The first-order valence-electron chi connectivity index (χ1n) is 11.3. The zero-order valence-electron chi connectivity index (χ0n) is 22.6. The summed E-state index contributed by atoms with van der Waals surface area (Å²) in [5.41, 5.74) is 15.9. The molecule has 33 heavy (non-hydrogen) atoms. The zero-order chi connectivity index (χ0) is 25.4. The number of hydrogen-bond acceptors (Lipinski definition) is 4. The molecule has 0 bridgehead atoms. The fourth-order valence-corrected chi connectivity index (χ4v) is 3.28. The monoisotopic (exact) mass is 499 g/mol. The Bertz CT molecular complexity index is 875. The first-order chi connectivity index (χ1) is 14.1. The van der Waals surface area contributed by atoms with Gasteiger partial charge >= 0.3 is 16.8 Å². The second kappa shape index (κ2) is 10.2. The summed E-state index contributed by atoms with van der Waals surface area (Å²) in [5, 5.41) is 23.9. The van der Waals surface area contributed by atoms with Crippen molar-refractivity contribution in [2.24, 2.45) is 0 Å². The van der Waals surface area contributed by atoms with Crippen molar-refractivity contribution >= 4 is 11.4 Å². The Morgan fingerprint density at radius 1 is 0.485 bits per heavy atom. The Morgan fingerprint density at radius 2 is 0.727 bits per heavy atom. The number of nitrogen functional groups attached to an aromatic ring is 2. The van der Waals surface area contributed by atoms with Gasteiger partial charge in [0.05, 0.1) is 0 Å². The van der Waals surface area contributed by atoms with E-state index in [4.69, 9.17) is 11.5 Å². The van der Waals surface area contributed by atoms with Crippen molar-refractivity contribution in [3.05, 3.63) is 46.5 Å². The van der Waals surface area contributed by atoms with Crippen LogP contribution in [0.4, 0.5) is 11.4 Å². The van der Waals surface area contributed by atoms with Gasteiger partial charge < -0.3 is 21.7 Å². The van der Waals surface area contributed by atoms with Gasteiger partial charge in [0.1, 0.15) is 0 Å². The fourth-order valence-electron chi connectivity index (χ4n) is 3.28. The van der Waals surface area contributed by atoms with Crippen molar-refractivity contribution in [3.63, 3.8) is 0 Å². The molecule has 0 saturated heterocycles. The molecular formula is C28H44CoN2O2. The van der Waals surface area contributed by atoms with Gasteiger partial charge in [-0.3, -0.25) is 0 Å². The number of anilines is 2. The average Bonchev–Trinajstić information content (AvgIpc) is 2.56. The van der Waals surface area contributed by atoms with Crippen LogP contribution in [0.5, 0.6) is 11.5 Å². The van der Waals surface area contributed by atoms with E-state index in [-0.39, 0.29) is 49.9 Å². The van der Waals surface area contributed by atoms with Gasteiger partial charge in [-0.05, 0) is 56.0 Å². The molecule has 0 saturated carbocycles. The summed E-state index contributed by atoms with van der Waals surface area (Å²) < 4.78 is 0. The predicted molar refractivity (Wildman–Crippen MR) is 135 cm³/mol. The molecule has 0 atom stereocenters. The van der Waals surface area contributed by atoms with Crippen molar-refractivity contribution in [1.29, 1.82) is 0 Å². The van der Waals surface area contributed by atoms with Crippen LogP contribution in [0, 0.1) is 0 Å². The molecule has 0 unspecified atom stereocenters. The van der Waals surface area contributed by atoms with Gasteiger partial charge in [0.15, 0.2) is 0 Å². The van der Waals surface area contributed by atoms with Crippen LogP contribution in [0.1, 0.15) is 105 Å². The first-order valence-corrected chi connectivity index (χ1v) is 11.3. The van der Waals surface area contributed by atoms with Crippen LogP contribution in [0.25, 0.3) is 0 Å². The Balaban J connectivity index is 0.000000602. The minimum absolute atomic E-state index is 0. The van der Waals surface area contributed by atoms with E-state index in [9.17, 15) is 10.2 Å². The van der Waals surface area contributed by atoms with E-state index in [2.05, 4.69) is 41.5 Å². The smallest absolute Gasteiger partial charge is 0.871 e. The van der Waals surface area contributed by atoms with Crippen LogP contribution in [0.3, 0.4) is 0 Å². The number of benzene rings is 2. The molecule has 0 aliphatic rings. The van der Waals surface area contributed by atoms with E-state index in [0.29, 0.717) is 11.4 Å². The van der Waals surface area contributed by atoms with Crippen LogP contribution >= 0.6 is 0 Å². The van der Waals surface area contributed by atoms with Crippen LogP contribution in [-0.2, 0) is 38.4 Å². The Kier molecular flexibility index (Phi) is 9.61. The molecule has 2 aromatic carbocycles. The second-order valence-electron chi connectivity index (χ2n) is 12.9. The van der Waals surface area contributed by atoms with Gasteiger partial charge in [0.25, 0.3) is 0 Å². The normalized spacial score (nSPS) is 12.5. The third-order valence-electron chi connectivity index (χ3n) is 5.58. The Morgan fingerprint density at radius 3 is 0.909 bits per heavy atom. The van der Waals surface area contributed by atoms with E-state index in [1.165, 1.54) is 0 Å². The van der Waals surface area contributed by atoms with Gasteiger partial charge in [-0.15, -0.1) is 0 Å². The van der Waals surface area contributed by atoms with E-state index in [0.717, 1.165) is 22.3 Å². The summed E-state index contributed by atoms with van der Waals surface area (Å²) in [6.07, 6.45) is 0. The van der Waals surface area contributed by atoms with Crippen molar-refractivity contribution in [1.82, 2.24) is 0 Å². The summed E-state index contributed by atoms with van der Waals surface area (Å²) >= 11 is 0. The molecule has 0 aliphatic carbocycles. The molecule has 187 valence electrons. The van der Waals surface area contributed by atoms with E-state index >= 15 is 0 Å². The van der Waals surface area contributed by atoms with Crippen molar-refractivity contribution in [2.45, 2.75) is 105 Å². The summed E-state index contributed by atoms with van der Waals surface area (Å²) in [5.74, 6) is -0.0546. The molecule has 0 aliphatic heterocycles. The van der Waals surface area contributed by atoms with E-state index in [1.54, 1.807) is 12.1 Å². The first kappa shape index (κ1) is 31.1. The summed E-state index contributed by atoms with van der Waals surface area (Å²) in [6, 6.07) is 7.60. The summed E-state index contributed by atoms with van der Waals surface area (Å²) in [7, 11) is 0. The molecule has 2 rings (SSSR count). The minimum Gasteiger partial charge on any atom is -0.871 e. The van der Waals surface area contributed by atoms with Gasteiger partial charge in [-0.1, -0.05) is 107 Å². The second-order valence-corrected chi connectivity index (χ2v) is 12.9. The molecule has 0 spiro atoms. The van der Waals surface area contributed by atoms with Crippen LogP contribution in [0.2, 0.25) is 0 Å². The van der Waals surface area contributed by atoms with Gasteiger partial charge in [-0.25, -0.2) is 0 Å². The Labute approximate surface area is 212 Å². The minimum atomic E-state index is -0.160. The van der Waals surface area contributed by atoms with Crippen LogP contribution in [-0.4, -0.2) is 0 Å².